The Hall–Kier alpha value is -1.35. The monoisotopic (exact) mass is 287 g/mol. The number of hydrogen-bond acceptors (Lipinski definition) is 3. The second-order valence-corrected chi connectivity index (χ2v) is 7.07. The summed E-state index contributed by atoms with van der Waals surface area (Å²) < 4.78 is 5.24. The lowest BCUT2D eigenvalue weighted by atomic mass is 9.51. The zero-order chi connectivity index (χ0) is 15.3. The zero-order valence-corrected chi connectivity index (χ0v) is 13.5. The van der Waals surface area contributed by atoms with E-state index in [0.29, 0.717) is 12.6 Å². The van der Waals surface area contributed by atoms with Crippen molar-refractivity contribution < 1.29 is 9.53 Å². The number of piperidine rings is 1. The minimum absolute atomic E-state index is 0.110. The summed E-state index contributed by atoms with van der Waals surface area (Å²) in [5, 5.41) is 3.65. The van der Waals surface area contributed by atoms with Crippen LogP contribution in [0.5, 0.6) is 0 Å². The first kappa shape index (κ1) is 14.6. The van der Waals surface area contributed by atoms with E-state index in [2.05, 4.69) is 32.2 Å². The van der Waals surface area contributed by atoms with Crippen molar-refractivity contribution in [3.63, 3.8) is 0 Å². The fourth-order valence-electron chi connectivity index (χ4n) is 4.20. The number of carbonyl (C=O) groups excluding carboxylic acids is 1. The molecular weight excluding hydrogens is 262 g/mol. The second-order valence-electron chi connectivity index (χ2n) is 7.07. The Kier molecular flexibility index (Phi) is 3.36. The van der Waals surface area contributed by atoms with Crippen LogP contribution in [0.2, 0.25) is 0 Å². The van der Waals surface area contributed by atoms with Gasteiger partial charge in [0.15, 0.2) is 0 Å². The first-order valence-corrected chi connectivity index (χ1v) is 7.94. The molecular formula is C18H25NO2. The van der Waals surface area contributed by atoms with Crippen molar-refractivity contribution in [3.8, 4) is 0 Å². The Morgan fingerprint density at radius 3 is 2.86 bits per heavy atom. The Bertz CT molecular complexity index is 579. The third kappa shape index (κ3) is 1.94. The first-order chi connectivity index (χ1) is 9.91. The minimum atomic E-state index is -0.185. The number of fused-ring (bicyclic) bond motifs is 4. The number of rotatable bonds is 2. The molecule has 0 spiro atoms. The van der Waals surface area contributed by atoms with E-state index < -0.39 is 0 Å². The number of benzene rings is 1. The number of ether oxygens (including phenoxy) is 1. The van der Waals surface area contributed by atoms with E-state index in [9.17, 15) is 4.79 Å². The lowest BCUT2D eigenvalue weighted by Crippen LogP contribution is -2.62. The SMILES string of the molecule is CCOC(=O)c1cccc2c1C[C@H]1NCC[C@]2(C)C1(C)C. The van der Waals surface area contributed by atoms with E-state index in [1.807, 2.05) is 19.1 Å². The van der Waals surface area contributed by atoms with Gasteiger partial charge in [-0.15, -0.1) is 0 Å². The Balaban J connectivity index is 2.15. The van der Waals surface area contributed by atoms with Crippen LogP contribution >= 0.6 is 0 Å². The molecule has 0 saturated carbocycles. The molecule has 1 aromatic carbocycles. The molecule has 0 aromatic heterocycles. The summed E-state index contributed by atoms with van der Waals surface area (Å²) in [6, 6.07) is 6.55. The summed E-state index contributed by atoms with van der Waals surface area (Å²) in [6.07, 6.45) is 2.02. The van der Waals surface area contributed by atoms with Crippen LogP contribution in [0.1, 0.15) is 55.6 Å². The van der Waals surface area contributed by atoms with Gasteiger partial charge in [-0.1, -0.05) is 32.9 Å². The maximum Gasteiger partial charge on any atom is 0.338 e. The highest BCUT2D eigenvalue weighted by molar-refractivity contribution is 5.91. The van der Waals surface area contributed by atoms with Gasteiger partial charge in [0, 0.05) is 11.5 Å². The van der Waals surface area contributed by atoms with Crippen molar-refractivity contribution in [2.45, 2.75) is 52.0 Å². The van der Waals surface area contributed by atoms with Crippen molar-refractivity contribution in [1.82, 2.24) is 5.32 Å². The summed E-state index contributed by atoms with van der Waals surface area (Å²) in [5.74, 6) is -0.185. The molecule has 2 aliphatic rings. The Morgan fingerprint density at radius 2 is 2.14 bits per heavy atom. The second kappa shape index (κ2) is 4.84. The largest absolute Gasteiger partial charge is 0.462 e. The summed E-state index contributed by atoms with van der Waals surface area (Å²) >= 11 is 0. The highest BCUT2D eigenvalue weighted by atomic mass is 16.5. The van der Waals surface area contributed by atoms with Crippen LogP contribution in [0.15, 0.2) is 18.2 Å². The molecule has 21 heavy (non-hydrogen) atoms. The van der Waals surface area contributed by atoms with Gasteiger partial charge >= 0.3 is 5.97 Å². The highest BCUT2D eigenvalue weighted by Gasteiger charge is 2.53. The number of hydrogen-bond donors (Lipinski definition) is 1. The van der Waals surface area contributed by atoms with Gasteiger partial charge in [-0.05, 0) is 48.9 Å². The van der Waals surface area contributed by atoms with Crippen LogP contribution in [0.25, 0.3) is 0 Å². The molecule has 1 aromatic rings. The molecule has 1 aliphatic heterocycles. The van der Waals surface area contributed by atoms with Crippen LogP contribution in [-0.2, 0) is 16.6 Å². The Labute approximate surface area is 127 Å². The molecule has 1 N–H and O–H groups in total. The lowest BCUT2D eigenvalue weighted by molar-refractivity contribution is 0.0485. The smallest absolute Gasteiger partial charge is 0.338 e. The van der Waals surface area contributed by atoms with E-state index in [1.54, 1.807) is 0 Å². The van der Waals surface area contributed by atoms with E-state index >= 15 is 0 Å². The Morgan fingerprint density at radius 1 is 1.38 bits per heavy atom. The van der Waals surface area contributed by atoms with E-state index in [-0.39, 0.29) is 16.8 Å². The van der Waals surface area contributed by atoms with Gasteiger partial charge in [0.25, 0.3) is 0 Å². The average molecular weight is 287 g/mol. The van der Waals surface area contributed by atoms with Crippen molar-refractivity contribution >= 4 is 5.97 Å². The topological polar surface area (TPSA) is 38.3 Å². The minimum Gasteiger partial charge on any atom is -0.462 e. The molecule has 114 valence electrons. The van der Waals surface area contributed by atoms with Gasteiger partial charge in [-0.2, -0.15) is 0 Å². The maximum absolute atomic E-state index is 12.3. The van der Waals surface area contributed by atoms with Gasteiger partial charge in [-0.25, -0.2) is 4.79 Å². The average Bonchev–Trinajstić information content (AvgIpc) is 2.42. The molecule has 1 fully saturated rings. The molecule has 3 rings (SSSR count). The molecule has 0 unspecified atom stereocenters. The van der Waals surface area contributed by atoms with E-state index in [4.69, 9.17) is 4.74 Å². The highest BCUT2D eigenvalue weighted by Crippen LogP contribution is 2.54. The van der Waals surface area contributed by atoms with Crippen molar-refractivity contribution in [2.75, 3.05) is 13.2 Å². The molecule has 0 amide bonds. The third-order valence-electron chi connectivity index (χ3n) is 5.98. The molecule has 0 radical (unpaired) electrons. The lowest BCUT2D eigenvalue weighted by Gasteiger charge is -2.57. The summed E-state index contributed by atoms with van der Waals surface area (Å²) in [5.41, 5.74) is 3.58. The van der Waals surface area contributed by atoms with Crippen molar-refractivity contribution in [3.05, 3.63) is 34.9 Å². The summed E-state index contributed by atoms with van der Waals surface area (Å²) in [7, 11) is 0. The van der Waals surface area contributed by atoms with Crippen LogP contribution in [0.4, 0.5) is 0 Å². The normalized spacial score (nSPS) is 29.6. The molecule has 1 aliphatic carbocycles. The van der Waals surface area contributed by atoms with Gasteiger partial charge in [0.05, 0.1) is 12.2 Å². The molecule has 3 heteroatoms. The van der Waals surface area contributed by atoms with Crippen LogP contribution in [0.3, 0.4) is 0 Å². The molecule has 1 heterocycles. The first-order valence-electron chi connectivity index (χ1n) is 7.94. The van der Waals surface area contributed by atoms with Crippen molar-refractivity contribution in [2.24, 2.45) is 5.41 Å². The fourth-order valence-corrected chi connectivity index (χ4v) is 4.20. The van der Waals surface area contributed by atoms with Crippen molar-refractivity contribution in [1.29, 1.82) is 0 Å². The zero-order valence-electron chi connectivity index (χ0n) is 13.5. The quantitative estimate of drug-likeness (QED) is 0.850. The van der Waals surface area contributed by atoms with E-state index in [1.165, 1.54) is 11.1 Å². The fraction of sp³-hybridized carbons (Fsp3) is 0.611. The molecule has 3 nitrogen and oxygen atoms in total. The summed E-state index contributed by atoms with van der Waals surface area (Å²) in [4.78, 5) is 12.3. The van der Waals surface area contributed by atoms with E-state index in [0.717, 1.165) is 24.9 Å². The number of carbonyl (C=O) groups is 1. The number of nitrogens with one attached hydrogen (secondary N) is 1. The van der Waals surface area contributed by atoms with Crippen LogP contribution < -0.4 is 5.32 Å². The third-order valence-corrected chi connectivity index (χ3v) is 5.98. The standard InChI is InChI=1S/C18H25NO2/c1-5-21-16(20)12-7-6-8-14-13(12)11-15-17(2,3)18(14,4)9-10-19-15/h6-8,15,19H,5,9-11H2,1-4H3/t15-,18+/m1/s1. The predicted molar refractivity (Wildman–Crippen MR) is 83.6 cm³/mol. The molecule has 2 atom stereocenters. The number of esters is 1. The maximum atomic E-state index is 12.3. The molecule has 1 saturated heterocycles. The summed E-state index contributed by atoms with van der Waals surface area (Å²) in [6.45, 7) is 10.4. The predicted octanol–water partition coefficient (Wildman–Crippen LogP) is 3.07. The molecule has 2 bridgehead atoms. The van der Waals surface area contributed by atoms with Crippen LogP contribution in [-0.4, -0.2) is 25.2 Å². The van der Waals surface area contributed by atoms with Crippen LogP contribution in [0, 0.1) is 5.41 Å². The van der Waals surface area contributed by atoms with Gasteiger partial charge in [0.1, 0.15) is 0 Å². The van der Waals surface area contributed by atoms with Gasteiger partial charge in [-0.3, -0.25) is 0 Å². The van der Waals surface area contributed by atoms with Gasteiger partial charge in [0.2, 0.25) is 0 Å². The van der Waals surface area contributed by atoms with Gasteiger partial charge < -0.3 is 10.1 Å².